The highest BCUT2D eigenvalue weighted by Crippen LogP contribution is 2.07. The van der Waals surface area contributed by atoms with Crippen molar-refractivity contribution in [3.63, 3.8) is 0 Å². The Morgan fingerprint density at radius 1 is 1.33 bits per heavy atom. The van der Waals surface area contributed by atoms with Crippen molar-refractivity contribution in [2.24, 2.45) is 0 Å². The minimum absolute atomic E-state index is 0.259. The molecule has 18 heavy (non-hydrogen) atoms. The molecule has 104 valence electrons. The van der Waals surface area contributed by atoms with Gasteiger partial charge in [-0.3, -0.25) is 4.79 Å². The van der Waals surface area contributed by atoms with E-state index in [2.05, 4.69) is 0 Å². The van der Waals surface area contributed by atoms with E-state index >= 15 is 0 Å². The Morgan fingerprint density at radius 3 is 2.39 bits per heavy atom. The number of esters is 1. The van der Waals surface area contributed by atoms with Gasteiger partial charge in [0, 0.05) is 18.8 Å². The van der Waals surface area contributed by atoms with Gasteiger partial charge < -0.3 is 19.1 Å². The number of ether oxygens (including phenoxy) is 1. The van der Waals surface area contributed by atoms with E-state index in [-0.39, 0.29) is 18.8 Å². The van der Waals surface area contributed by atoms with Gasteiger partial charge >= 0.3 is 5.97 Å². The van der Waals surface area contributed by atoms with Crippen molar-refractivity contribution in [2.45, 2.75) is 32.3 Å². The van der Waals surface area contributed by atoms with Gasteiger partial charge in [0.1, 0.15) is 6.54 Å². The van der Waals surface area contributed by atoms with Gasteiger partial charge in [-0.1, -0.05) is 12.2 Å². The molecule has 0 saturated heterocycles. The van der Waals surface area contributed by atoms with Crippen molar-refractivity contribution < 1.29 is 23.9 Å². The van der Waals surface area contributed by atoms with Crippen molar-refractivity contribution in [3.8, 4) is 0 Å². The third-order valence-corrected chi connectivity index (χ3v) is 2.19. The molecule has 0 N–H and O–H groups in total. The molecule has 0 fully saturated rings. The summed E-state index contributed by atoms with van der Waals surface area (Å²) >= 11 is 0. The summed E-state index contributed by atoms with van der Waals surface area (Å²) in [7, 11) is 5.74. The Labute approximate surface area is 109 Å². The van der Waals surface area contributed by atoms with Crippen molar-refractivity contribution >= 4 is 11.9 Å². The van der Waals surface area contributed by atoms with Crippen LogP contribution in [0.2, 0.25) is 0 Å². The summed E-state index contributed by atoms with van der Waals surface area (Å²) in [6.45, 7) is 2.32. The molecule has 5 nitrogen and oxygen atoms in total. The van der Waals surface area contributed by atoms with Gasteiger partial charge in [-0.2, -0.15) is 0 Å². The van der Waals surface area contributed by atoms with Crippen LogP contribution in [0.4, 0.5) is 0 Å². The lowest BCUT2D eigenvalue weighted by Crippen LogP contribution is -2.45. The highest BCUT2D eigenvalue weighted by molar-refractivity contribution is 5.71. The topological polar surface area (TPSA) is 66.4 Å². The van der Waals surface area contributed by atoms with Crippen LogP contribution >= 0.6 is 0 Å². The lowest BCUT2D eigenvalue weighted by Gasteiger charge is -2.29. The second kappa shape index (κ2) is 7.87. The highest BCUT2D eigenvalue weighted by atomic mass is 16.5. The molecule has 0 aromatic carbocycles. The number of likely N-dealkylation sites (N-methyl/N-ethyl adjacent to an activating group) is 1. The van der Waals surface area contributed by atoms with Crippen LogP contribution in [0.3, 0.4) is 0 Å². The van der Waals surface area contributed by atoms with Crippen LogP contribution in [-0.2, 0) is 14.3 Å². The van der Waals surface area contributed by atoms with Crippen LogP contribution in [0, 0.1) is 0 Å². The Morgan fingerprint density at radius 2 is 1.94 bits per heavy atom. The van der Waals surface area contributed by atoms with E-state index in [1.807, 2.05) is 40.2 Å². The molecule has 0 bridgehead atoms. The summed E-state index contributed by atoms with van der Waals surface area (Å²) < 4.78 is 5.70. The monoisotopic (exact) mass is 257 g/mol. The normalized spacial score (nSPS) is 13.6. The van der Waals surface area contributed by atoms with Crippen molar-refractivity contribution in [2.75, 3.05) is 27.7 Å². The van der Waals surface area contributed by atoms with E-state index in [9.17, 15) is 14.7 Å². The fourth-order valence-corrected chi connectivity index (χ4v) is 1.55. The summed E-state index contributed by atoms with van der Waals surface area (Å²) in [6, 6.07) is 0. The number of carbonyl (C=O) groups excluding carboxylic acids is 2. The Hall–Kier alpha value is -1.36. The van der Waals surface area contributed by atoms with E-state index in [1.165, 1.54) is 0 Å². The smallest absolute Gasteiger partial charge is 0.306 e. The zero-order valence-corrected chi connectivity index (χ0v) is 11.6. The molecular weight excluding hydrogens is 234 g/mol. The molecule has 0 spiro atoms. The molecular formula is C13H23NO4. The van der Waals surface area contributed by atoms with Crippen LogP contribution in [0.5, 0.6) is 0 Å². The van der Waals surface area contributed by atoms with Crippen LogP contribution in [-0.4, -0.2) is 50.2 Å². The molecule has 1 unspecified atom stereocenters. The quantitative estimate of drug-likeness (QED) is 0.351. The average molecular weight is 257 g/mol. The fraction of sp³-hybridized carbons (Fsp3) is 0.692. The lowest BCUT2D eigenvalue weighted by molar-refractivity contribution is -0.873. The molecule has 0 aliphatic heterocycles. The van der Waals surface area contributed by atoms with Crippen molar-refractivity contribution in [1.82, 2.24) is 0 Å². The number of rotatable bonds is 8. The number of aliphatic carboxylic acids is 1. The third kappa shape index (κ3) is 9.84. The zero-order valence-electron chi connectivity index (χ0n) is 11.6. The first-order valence-corrected chi connectivity index (χ1v) is 6.05. The third-order valence-electron chi connectivity index (χ3n) is 2.19. The van der Waals surface area contributed by atoms with E-state index in [0.717, 1.165) is 0 Å². The number of carboxylic acids is 1. The molecule has 0 saturated carbocycles. The first kappa shape index (κ1) is 16.6. The van der Waals surface area contributed by atoms with E-state index in [1.54, 1.807) is 0 Å². The van der Waals surface area contributed by atoms with Crippen LogP contribution in [0.1, 0.15) is 26.2 Å². The van der Waals surface area contributed by atoms with E-state index in [0.29, 0.717) is 17.4 Å². The Bertz CT molecular complexity index is 305. The zero-order chi connectivity index (χ0) is 14.2. The average Bonchev–Trinajstić information content (AvgIpc) is 2.13. The summed E-state index contributed by atoms with van der Waals surface area (Å²) in [4.78, 5) is 22.1. The van der Waals surface area contributed by atoms with Gasteiger partial charge in [0.25, 0.3) is 0 Å². The number of quaternary nitrogens is 1. The van der Waals surface area contributed by atoms with Crippen LogP contribution < -0.4 is 5.11 Å². The summed E-state index contributed by atoms with van der Waals surface area (Å²) in [5.74, 6) is -1.57. The molecule has 0 radical (unpaired) electrons. The minimum atomic E-state index is -1.20. The van der Waals surface area contributed by atoms with E-state index in [4.69, 9.17) is 4.74 Å². The van der Waals surface area contributed by atoms with Gasteiger partial charge in [0.2, 0.25) is 0 Å². The van der Waals surface area contributed by atoms with Gasteiger partial charge in [0.05, 0.1) is 21.1 Å². The molecule has 0 rings (SSSR count). The molecule has 0 aliphatic rings. The molecule has 0 aromatic rings. The number of carboxylic acid groups (broad SMARTS) is 1. The highest BCUT2D eigenvalue weighted by Gasteiger charge is 2.22. The van der Waals surface area contributed by atoms with Gasteiger partial charge in [0.15, 0.2) is 6.10 Å². The molecule has 1 atom stereocenters. The van der Waals surface area contributed by atoms with Crippen molar-refractivity contribution in [3.05, 3.63) is 12.2 Å². The van der Waals surface area contributed by atoms with Crippen LogP contribution in [0.25, 0.3) is 0 Å². The predicted molar refractivity (Wildman–Crippen MR) is 66.5 cm³/mol. The minimum Gasteiger partial charge on any atom is -0.550 e. The predicted octanol–water partition coefficient (Wildman–Crippen LogP) is 0.101. The fourth-order valence-electron chi connectivity index (χ4n) is 1.55. The maximum absolute atomic E-state index is 11.5. The first-order chi connectivity index (χ1) is 8.24. The SMILES string of the molecule is C/C=C/CCC(=O)OC(CC(=O)[O-])C[N+](C)(C)C. The summed E-state index contributed by atoms with van der Waals surface area (Å²) in [5, 5.41) is 10.6. The number of hydrogen-bond acceptors (Lipinski definition) is 4. The first-order valence-electron chi connectivity index (χ1n) is 6.05. The summed E-state index contributed by atoms with van der Waals surface area (Å²) in [5.41, 5.74) is 0. The molecule has 5 heteroatoms. The van der Waals surface area contributed by atoms with Crippen molar-refractivity contribution in [1.29, 1.82) is 0 Å². The lowest BCUT2D eigenvalue weighted by atomic mass is 10.2. The number of carbonyl (C=O) groups is 2. The van der Waals surface area contributed by atoms with Gasteiger partial charge in [-0.15, -0.1) is 0 Å². The molecule has 0 aromatic heterocycles. The van der Waals surface area contributed by atoms with Crippen LogP contribution in [0.15, 0.2) is 12.2 Å². The number of nitrogens with zero attached hydrogens (tertiary/aromatic N) is 1. The molecule has 0 amide bonds. The largest absolute Gasteiger partial charge is 0.550 e. The second-order valence-electron chi connectivity index (χ2n) is 5.27. The maximum atomic E-state index is 11.5. The summed E-state index contributed by atoms with van der Waals surface area (Å²) in [6.07, 6.45) is 3.72. The standard InChI is InChI=1S/C13H23NO4/c1-5-6-7-8-13(17)18-11(9-12(15)16)10-14(2,3)4/h5-6,11H,7-10H2,1-4H3/b6-5+. The number of hydrogen-bond donors (Lipinski definition) is 0. The molecule has 0 heterocycles. The second-order valence-corrected chi connectivity index (χ2v) is 5.27. The maximum Gasteiger partial charge on any atom is 0.306 e. The van der Waals surface area contributed by atoms with E-state index < -0.39 is 12.1 Å². The van der Waals surface area contributed by atoms with Gasteiger partial charge in [-0.05, 0) is 13.3 Å². The Balaban J connectivity index is 4.30. The van der Waals surface area contributed by atoms with Gasteiger partial charge in [-0.25, -0.2) is 0 Å². The number of allylic oxidation sites excluding steroid dienone is 2. The Kier molecular flexibility index (Phi) is 7.27. The molecule has 0 aliphatic carbocycles.